The van der Waals surface area contributed by atoms with Crippen molar-refractivity contribution in [3.8, 4) is 0 Å². The van der Waals surface area contributed by atoms with Gasteiger partial charge in [-0.1, -0.05) is 20.8 Å². The average molecular weight is 128 g/mol. The Labute approximate surface area is 36.2 Å². The molecule has 0 bridgehead atoms. The minimum atomic E-state index is 1.23. The van der Waals surface area contributed by atoms with Crippen molar-refractivity contribution < 1.29 is 0 Å². The minimum Gasteiger partial charge on any atom is -0.0602 e. The van der Waals surface area contributed by atoms with Crippen molar-refractivity contribution in [1.29, 1.82) is 0 Å². The summed E-state index contributed by atoms with van der Waals surface area (Å²) < 4.78 is 0. The van der Waals surface area contributed by atoms with Crippen LogP contribution in [0, 0.1) is 0 Å². The molecule has 1 fully saturated rings. The van der Waals surface area contributed by atoms with Crippen LogP contribution in [-0.2, 0) is 0 Å². The fraction of sp³-hybridized carbons (Fsp3) is 0. The lowest BCUT2D eigenvalue weighted by atomic mass is 29.4. The third-order valence-corrected chi connectivity index (χ3v) is 13.5. The van der Waals surface area contributed by atoms with Crippen molar-refractivity contribution >= 4 is 35.8 Å². The van der Waals surface area contributed by atoms with Crippen LogP contribution in [0.25, 0.3) is 0 Å². The summed E-state index contributed by atoms with van der Waals surface area (Å²) in [5, 5.41) is 0. The van der Waals surface area contributed by atoms with Crippen LogP contribution in [0.5, 0.6) is 0 Å². The predicted octanol–water partition coefficient (Wildman–Crippen LogP) is 2.48. The Kier molecular flexibility index (Phi) is 1.75. The molecule has 1 heterocycles. The third kappa shape index (κ3) is 0.755. The van der Waals surface area contributed by atoms with Crippen molar-refractivity contribution in [2.75, 3.05) is 0 Å². The molecule has 2 unspecified atom stereocenters. The van der Waals surface area contributed by atoms with E-state index in [0.717, 1.165) is 0 Å². The summed E-state index contributed by atoms with van der Waals surface area (Å²) in [5.41, 5.74) is 0. The molecule has 0 aliphatic carbocycles. The summed E-state index contributed by atoms with van der Waals surface area (Å²) in [4.78, 5) is 0. The van der Waals surface area contributed by atoms with Gasteiger partial charge in [0.1, 0.15) is 0 Å². The average Bonchev–Trinajstić information content (AvgIpc) is 0.722. The molecule has 0 aromatic carbocycles. The second kappa shape index (κ2) is 1.87. The maximum atomic E-state index is 1.99. The highest BCUT2D eigenvalue weighted by atomic mass is 33.7. The van der Waals surface area contributed by atoms with E-state index in [1.807, 2.05) is 20.8 Å². The Balaban J connectivity index is 2.00. The fourth-order valence-corrected chi connectivity index (χ4v) is 3.37. The van der Waals surface area contributed by atoms with Crippen LogP contribution in [0.4, 0.5) is 0 Å². The summed E-state index contributed by atoms with van der Waals surface area (Å²) in [6.07, 6.45) is 0. The van der Waals surface area contributed by atoms with Crippen molar-refractivity contribution in [3.05, 3.63) is 0 Å². The summed E-state index contributed by atoms with van der Waals surface area (Å²) in [6, 6.07) is 0. The molecular formula is H2P2S2. The molecule has 0 aromatic heterocycles. The van der Waals surface area contributed by atoms with Crippen molar-refractivity contribution in [2.24, 2.45) is 0 Å². The van der Waals surface area contributed by atoms with Crippen LogP contribution in [0.15, 0.2) is 0 Å². The molecule has 2 atom stereocenters. The molecule has 0 amide bonds. The highest BCUT2D eigenvalue weighted by Gasteiger charge is 1.96. The molecule has 1 aliphatic rings. The Hall–Kier alpha value is 1.56. The highest BCUT2D eigenvalue weighted by molar-refractivity contribution is 9.31. The van der Waals surface area contributed by atoms with Gasteiger partial charge in [0.25, 0.3) is 0 Å². The maximum Gasteiger partial charge on any atom is -0.0154 e. The van der Waals surface area contributed by atoms with Gasteiger partial charge in [0.2, 0.25) is 0 Å². The van der Waals surface area contributed by atoms with Crippen LogP contribution in [0.3, 0.4) is 0 Å². The van der Waals surface area contributed by atoms with E-state index >= 15 is 0 Å². The lowest BCUT2D eigenvalue weighted by molar-refractivity contribution is 5.20. The van der Waals surface area contributed by atoms with Crippen LogP contribution in [0.2, 0.25) is 0 Å². The van der Waals surface area contributed by atoms with Crippen LogP contribution in [-0.4, -0.2) is 0 Å². The Morgan fingerprint density at radius 3 is 1.25 bits per heavy atom. The predicted molar refractivity (Wildman–Crippen MR) is 31.8 cm³/mol. The Morgan fingerprint density at radius 2 is 1.25 bits per heavy atom. The van der Waals surface area contributed by atoms with Gasteiger partial charge in [-0.15, -0.1) is 0 Å². The normalized spacial score (nSPS) is 36.0. The first kappa shape index (κ1) is 3.74. The second-order valence-electron chi connectivity index (χ2n) is 0.371. The number of hydrogen-bond acceptors (Lipinski definition) is 2. The van der Waals surface area contributed by atoms with Gasteiger partial charge < -0.3 is 0 Å². The monoisotopic (exact) mass is 128 g/mol. The lowest BCUT2D eigenvalue weighted by Crippen LogP contribution is -1.25. The first-order chi connectivity index (χ1) is 2.00. The van der Waals surface area contributed by atoms with Crippen LogP contribution < -0.4 is 0 Å². The molecule has 0 N–H and O–H groups in total. The lowest BCUT2D eigenvalue weighted by Gasteiger charge is -2.04. The van der Waals surface area contributed by atoms with E-state index in [1.165, 1.54) is 14.9 Å². The molecule has 1 saturated heterocycles. The maximum absolute atomic E-state index is 1.99. The number of rotatable bonds is 0. The first-order valence-corrected chi connectivity index (χ1v) is 7.42. The van der Waals surface area contributed by atoms with E-state index in [-0.39, 0.29) is 0 Å². The molecular weight excluding hydrogens is 126 g/mol. The summed E-state index contributed by atoms with van der Waals surface area (Å²) >= 11 is 0. The van der Waals surface area contributed by atoms with Gasteiger partial charge in [-0.3, -0.25) is 0 Å². The molecule has 1 rings (SSSR count). The third-order valence-electron chi connectivity index (χ3n) is 0.167. The van der Waals surface area contributed by atoms with Gasteiger partial charge in [-0.05, 0) is 14.9 Å². The highest BCUT2D eigenvalue weighted by Crippen LogP contribution is 2.76. The zero-order valence-corrected chi connectivity index (χ0v) is 5.45. The summed E-state index contributed by atoms with van der Waals surface area (Å²) in [7, 11) is 6.44. The summed E-state index contributed by atoms with van der Waals surface area (Å²) in [5.74, 6) is 0. The van der Waals surface area contributed by atoms with E-state index in [4.69, 9.17) is 0 Å². The Morgan fingerprint density at radius 1 is 1.00 bits per heavy atom. The molecule has 0 aromatic rings. The summed E-state index contributed by atoms with van der Waals surface area (Å²) in [6.45, 7) is 0. The quantitative estimate of drug-likeness (QED) is 0.363. The van der Waals surface area contributed by atoms with E-state index in [2.05, 4.69) is 0 Å². The van der Waals surface area contributed by atoms with E-state index in [0.29, 0.717) is 0 Å². The van der Waals surface area contributed by atoms with Gasteiger partial charge in [0.15, 0.2) is 0 Å². The van der Waals surface area contributed by atoms with E-state index in [9.17, 15) is 0 Å². The second-order valence-corrected chi connectivity index (χ2v) is 10.0. The molecule has 24 valence electrons. The van der Waals surface area contributed by atoms with E-state index in [1.54, 1.807) is 0 Å². The molecule has 4 heteroatoms. The van der Waals surface area contributed by atoms with Crippen molar-refractivity contribution in [2.45, 2.75) is 0 Å². The molecule has 1 aliphatic heterocycles. The van der Waals surface area contributed by atoms with Crippen LogP contribution in [0.1, 0.15) is 0 Å². The van der Waals surface area contributed by atoms with Gasteiger partial charge in [0, 0.05) is 0 Å². The van der Waals surface area contributed by atoms with Crippen LogP contribution >= 0.6 is 35.8 Å². The Bertz CT molecular complexity index is 12.0. The van der Waals surface area contributed by atoms with E-state index < -0.39 is 0 Å². The van der Waals surface area contributed by atoms with Crippen molar-refractivity contribution in [1.82, 2.24) is 0 Å². The molecule has 0 spiro atoms. The standard InChI is InChI=1S/H2P2S2/c1-2-4-3-1/h1-2H. The molecule has 4 heavy (non-hydrogen) atoms. The van der Waals surface area contributed by atoms with Gasteiger partial charge in [0.05, 0.1) is 0 Å². The first-order valence-electron chi connectivity index (χ1n) is 0.825. The SMILES string of the molecule is P1PSS1. The fourth-order valence-electron chi connectivity index (χ4n) is 0.0417. The topological polar surface area (TPSA) is 0 Å². The minimum absolute atomic E-state index is 1.23. The van der Waals surface area contributed by atoms with Crippen molar-refractivity contribution in [3.63, 3.8) is 0 Å². The molecule has 0 radical (unpaired) electrons. The van der Waals surface area contributed by atoms with Gasteiger partial charge >= 0.3 is 0 Å². The molecule has 0 nitrogen and oxygen atoms in total. The molecule has 0 saturated carbocycles. The smallest absolute Gasteiger partial charge is 0.0154 e. The number of hydrogen-bond donors (Lipinski definition) is 0. The zero-order chi connectivity index (χ0) is 2.83. The largest absolute Gasteiger partial charge is 0.0602 e. The van der Waals surface area contributed by atoms with Gasteiger partial charge in [-0.2, -0.15) is 0 Å². The van der Waals surface area contributed by atoms with Gasteiger partial charge in [-0.25, -0.2) is 0 Å². The zero-order valence-electron chi connectivity index (χ0n) is 1.82.